The van der Waals surface area contributed by atoms with Gasteiger partial charge in [0.05, 0.1) is 18.5 Å². The second-order valence-electron chi connectivity index (χ2n) is 8.81. The van der Waals surface area contributed by atoms with Crippen LogP contribution in [0.1, 0.15) is 52.1 Å². The number of nitrogens with one attached hydrogen (secondary N) is 2. The van der Waals surface area contributed by atoms with Crippen molar-refractivity contribution in [1.29, 1.82) is 0 Å². The van der Waals surface area contributed by atoms with Crippen molar-refractivity contribution in [3.8, 4) is 0 Å². The SMILES string of the molecule is CC[C@H]1[C@H](C)[C@@H](Nc2ncc(F)c(C)n2)C2CC(C(=O)NCCO)CCC2N1C(C)=O. The van der Waals surface area contributed by atoms with Gasteiger partial charge in [0.15, 0.2) is 5.82 Å². The Balaban J connectivity index is 1.91. The van der Waals surface area contributed by atoms with Crippen molar-refractivity contribution in [2.45, 2.75) is 71.5 Å². The number of hydrogen-bond donors (Lipinski definition) is 3. The third kappa shape index (κ3) is 4.81. The summed E-state index contributed by atoms with van der Waals surface area (Å²) in [7, 11) is 0. The number of fused-ring (bicyclic) bond motifs is 1. The number of aryl methyl sites for hydroxylation is 1. The zero-order chi connectivity index (χ0) is 22.7. The molecule has 172 valence electrons. The third-order valence-corrected chi connectivity index (χ3v) is 6.99. The number of carbonyl (C=O) groups excluding carboxylic acids is 2. The van der Waals surface area contributed by atoms with Crippen molar-refractivity contribution in [2.24, 2.45) is 17.8 Å². The Morgan fingerprint density at radius 1 is 1.35 bits per heavy atom. The standard InChI is InChI=1S/C22H34FN5O3/c1-5-18-12(2)20(27-22-25-11-17(23)13(3)26-22)16-10-15(21(31)24-8-9-29)6-7-19(16)28(18)14(4)30/h11-12,15-16,18-20,29H,5-10H2,1-4H3,(H,24,31)(H,25,26,27)/t12-,15?,16?,18-,19?,20+/m0/s1. The van der Waals surface area contributed by atoms with E-state index in [0.29, 0.717) is 18.8 Å². The summed E-state index contributed by atoms with van der Waals surface area (Å²) in [6.07, 6.45) is 4.06. The molecular weight excluding hydrogens is 401 g/mol. The van der Waals surface area contributed by atoms with Gasteiger partial charge in [0, 0.05) is 43.4 Å². The van der Waals surface area contributed by atoms with Crippen LogP contribution in [0.25, 0.3) is 0 Å². The Kier molecular flexibility index (Phi) is 7.46. The molecule has 1 aliphatic carbocycles. The summed E-state index contributed by atoms with van der Waals surface area (Å²) in [5, 5.41) is 15.2. The van der Waals surface area contributed by atoms with Crippen molar-refractivity contribution >= 4 is 17.8 Å². The van der Waals surface area contributed by atoms with Gasteiger partial charge in [-0.15, -0.1) is 0 Å². The molecule has 1 aromatic heterocycles. The lowest BCUT2D eigenvalue weighted by atomic mass is 9.65. The van der Waals surface area contributed by atoms with Crippen molar-refractivity contribution in [3.05, 3.63) is 17.7 Å². The maximum absolute atomic E-state index is 13.7. The number of aromatic nitrogens is 2. The summed E-state index contributed by atoms with van der Waals surface area (Å²) >= 11 is 0. The summed E-state index contributed by atoms with van der Waals surface area (Å²) in [6, 6.07) is 0.0426. The molecule has 6 atom stereocenters. The van der Waals surface area contributed by atoms with Crippen molar-refractivity contribution in [2.75, 3.05) is 18.5 Å². The zero-order valence-corrected chi connectivity index (χ0v) is 18.8. The fourth-order valence-corrected chi connectivity index (χ4v) is 5.56. The number of carbonyl (C=O) groups is 2. The van der Waals surface area contributed by atoms with Crippen molar-refractivity contribution in [3.63, 3.8) is 0 Å². The minimum atomic E-state index is -0.451. The molecule has 1 saturated carbocycles. The Morgan fingerprint density at radius 2 is 2.10 bits per heavy atom. The molecule has 3 N–H and O–H groups in total. The monoisotopic (exact) mass is 435 g/mol. The first kappa shape index (κ1) is 23.4. The first-order chi connectivity index (χ1) is 14.8. The van der Waals surface area contributed by atoms with Crippen molar-refractivity contribution in [1.82, 2.24) is 20.2 Å². The lowest BCUT2D eigenvalue weighted by Gasteiger charge is -2.56. The van der Waals surface area contributed by atoms with E-state index in [1.807, 2.05) is 4.90 Å². The van der Waals surface area contributed by atoms with E-state index in [4.69, 9.17) is 5.11 Å². The number of amides is 2. The van der Waals surface area contributed by atoms with Crippen LogP contribution in [0.2, 0.25) is 0 Å². The molecule has 8 nitrogen and oxygen atoms in total. The molecule has 1 saturated heterocycles. The number of nitrogens with zero attached hydrogens (tertiary/aromatic N) is 3. The van der Waals surface area contributed by atoms with Crippen LogP contribution in [0.4, 0.5) is 10.3 Å². The van der Waals surface area contributed by atoms with Crippen LogP contribution in [0.5, 0.6) is 0 Å². The first-order valence-electron chi connectivity index (χ1n) is 11.2. The average Bonchev–Trinajstić information content (AvgIpc) is 2.75. The van der Waals surface area contributed by atoms with Gasteiger partial charge < -0.3 is 20.6 Å². The number of likely N-dealkylation sites (tertiary alicyclic amines) is 1. The highest BCUT2D eigenvalue weighted by Crippen LogP contribution is 2.44. The molecule has 2 aliphatic rings. The van der Waals surface area contributed by atoms with E-state index >= 15 is 0 Å². The maximum Gasteiger partial charge on any atom is 0.223 e. The molecule has 2 fully saturated rings. The molecule has 3 rings (SSSR count). The Bertz CT molecular complexity index is 807. The van der Waals surface area contributed by atoms with E-state index in [9.17, 15) is 14.0 Å². The smallest absolute Gasteiger partial charge is 0.223 e. The predicted octanol–water partition coefficient (Wildman–Crippen LogP) is 1.87. The number of aliphatic hydroxyl groups is 1. The summed E-state index contributed by atoms with van der Waals surface area (Å²) in [5.74, 6) is -0.117. The lowest BCUT2D eigenvalue weighted by molar-refractivity contribution is -0.145. The highest BCUT2D eigenvalue weighted by atomic mass is 19.1. The van der Waals surface area contributed by atoms with Gasteiger partial charge in [-0.25, -0.2) is 14.4 Å². The Labute approximate surface area is 183 Å². The molecule has 9 heteroatoms. The van der Waals surface area contributed by atoms with Gasteiger partial charge in [-0.2, -0.15) is 0 Å². The largest absolute Gasteiger partial charge is 0.395 e. The number of hydrogen-bond acceptors (Lipinski definition) is 6. The molecule has 2 heterocycles. The van der Waals surface area contributed by atoms with Crippen LogP contribution in [0.3, 0.4) is 0 Å². The Hall–Kier alpha value is -2.29. The quantitative estimate of drug-likeness (QED) is 0.630. The highest BCUT2D eigenvalue weighted by molar-refractivity contribution is 5.79. The molecule has 0 radical (unpaired) electrons. The molecule has 3 unspecified atom stereocenters. The molecule has 1 aromatic rings. The molecule has 0 bridgehead atoms. The Morgan fingerprint density at radius 3 is 2.71 bits per heavy atom. The zero-order valence-electron chi connectivity index (χ0n) is 18.8. The van der Waals surface area contributed by atoms with Crippen LogP contribution in [-0.4, -0.2) is 63.1 Å². The average molecular weight is 436 g/mol. The van der Waals surface area contributed by atoms with Gasteiger partial charge in [-0.1, -0.05) is 13.8 Å². The van der Waals surface area contributed by atoms with Gasteiger partial charge in [0.1, 0.15) is 0 Å². The van der Waals surface area contributed by atoms with Gasteiger partial charge in [-0.05, 0) is 38.5 Å². The number of halogens is 1. The molecule has 1 aliphatic heterocycles. The molecule has 0 spiro atoms. The first-order valence-corrected chi connectivity index (χ1v) is 11.2. The second-order valence-corrected chi connectivity index (χ2v) is 8.81. The minimum Gasteiger partial charge on any atom is -0.395 e. The normalized spacial score (nSPS) is 30.5. The molecule has 31 heavy (non-hydrogen) atoms. The van der Waals surface area contributed by atoms with Gasteiger partial charge in [0.2, 0.25) is 17.8 Å². The maximum atomic E-state index is 13.7. The molecular formula is C22H34FN5O3. The summed E-state index contributed by atoms with van der Waals surface area (Å²) in [4.78, 5) is 35.6. The predicted molar refractivity (Wildman–Crippen MR) is 115 cm³/mol. The third-order valence-electron chi connectivity index (χ3n) is 6.99. The molecule has 0 aromatic carbocycles. The number of rotatable bonds is 6. The number of piperidine rings is 1. The summed E-state index contributed by atoms with van der Waals surface area (Å²) < 4.78 is 13.7. The van der Waals surface area contributed by atoms with Crippen LogP contribution in [0.15, 0.2) is 6.20 Å². The number of aliphatic hydroxyl groups excluding tert-OH is 1. The van der Waals surface area contributed by atoms with Gasteiger partial charge in [0.25, 0.3) is 0 Å². The van der Waals surface area contributed by atoms with Crippen molar-refractivity contribution < 1.29 is 19.1 Å². The van der Waals surface area contributed by atoms with E-state index in [0.717, 1.165) is 12.8 Å². The number of anilines is 1. The van der Waals surface area contributed by atoms with Crippen LogP contribution in [-0.2, 0) is 9.59 Å². The van der Waals surface area contributed by atoms with E-state index in [1.54, 1.807) is 13.8 Å². The van der Waals surface area contributed by atoms with Gasteiger partial charge >= 0.3 is 0 Å². The second kappa shape index (κ2) is 9.89. The minimum absolute atomic E-state index is 0.0274. The summed E-state index contributed by atoms with van der Waals surface area (Å²) in [6.45, 7) is 7.56. The van der Waals surface area contributed by atoms with Crippen LogP contribution >= 0.6 is 0 Å². The van der Waals surface area contributed by atoms with E-state index in [2.05, 4.69) is 34.4 Å². The lowest BCUT2D eigenvalue weighted by Crippen LogP contribution is -2.65. The fourth-order valence-electron chi connectivity index (χ4n) is 5.56. The summed E-state index contributed by atoms with van der Waals surface area (Å²) in [5.41, 5.74) is 0.278. The van der Waals surface area contributed by atoms with Crippen LogP contribution in [0, 0.1) is 30.5 Å². The van der Waals surface area contributed by atoms with Crippen LogP contribution < -0.4 is 10.6 Å². The fraction of sp³-hybridized carbons (Fsp3) is 0.727. The van der Waals surface area contributed by atoms with E-state index < -0.39 is 5.82 Å². The van der Waals surface area contributed by atoms with E-state index in [1.165, 1.54) is 6.20 Å². The topological polar surface area (TPSA) is 107 Å². The highest BCUT2D eigenvalue weighted by Gasteiger charge is 2.50. The van der Waals surface area contributed by atoms with Gasteiger partial charge in [-0.3, -0.25) is 9.59 Å². The molecule has 2 amide bonds. The van der Waals surface area contributed by atoms with E-state index in [-0.39, 0.29) is 66.5 Å².